The van der Waals surface area contributed by atoms with Gasteiger partial charge in [-0.3, -0.25) is 0 Å². The van der Waals surface area contributed by atoms with Crippen molar-refractivity contribution >= 4 is 12.2 Å². The lowest BCUT2D eigenvalue weighted by atomic mass is 10.1. The van der Waals surface area contributed by atoms with Crippen LogP contribution in [0.1, 0.15) is 16.6 Å². The van der Waals surface area contributed by atoms with E-state index in [0.29, 0.717) is 11.5 Å². The maximum absolute atomic E-state index is 8.03. The van der Waals surface area contributed by atoms with Gasteiger partial charge in [0, 0.05) is 6.07 Å². The lowest BCUT2D eigenvalue weighted by Crippen LogP contribution is -1.88. The molecule has 0 radical (unpaired) electrons. The van der Waals surface area contributed by atoms with E-state index in [4.69, 9.17) is 19.7 Å². The van der Waals surface area contributed by atoms with Gasteiger partial charge in [-0.2, -0.15) is 0 Å². The van der Waals surface area contributed by atoms with Gasteiger partial charge in [0.15, 0.2) is 0 Å². The van der Waals surface area contributed by atoms with Crippen molar-refractivity contribution < 1.29 is 19.7 Å². The summed E-state index contributed by atoms with van der Waals surface area (Å²) in [6.45, 7) is 0. The number of hydrogen-bond acceptors (Lipinski definition) is 3. The highest BCUT2D eigenvalue weighted by atomic mass is 16.5. The minimum Gasteiger partial charge on any atom is -0.497 e. The van der Waals surface area contributed by atoms with E-state index in [1.807, 2.05) is 0 Å². The lowest BCUT2D eigenvalue weighted by Gasteiger charge is -2.05. The van der Waals surface area contributed by atoms with E-state index in [0.717, 1.165) is 5.56 Å². The Balaban J connectivity index is 2.50. The van der Waals surface area contributed by atoms with Gasteiger partial charge in [-0.25, -0.2) is 0 Å². The molecule has 2 aromatic rings. The Labute approximate surface area is 125 Å². The van der Waals surface area contributed by atoms with Crippen LogP contribution in [0.5, 0.6) is 17.2 Å². The zero-order valence-corrected chi connectivity index (χ0v) is 11.6. The molecule has 0 aliphatic rings. The molecule has 3 heteroatoms. The van der Waals surface area contributed by atoms with Crippen molar-refractivity contribution in [1.82, 2.24) is 0 Å². The Morgan fingerprint density at radius 3 is 1.70 bits per heavy atom. The number of methoxy groups -OCH3 is 3. The highest BCUT2D eigenvalue weighted by Crippen LogP contribution is 2.24. The number of benzene rings is 2. The third-order valence-electron chi connectivity index (χ3n) is 2.64. The van der Waals surface area contributed by atoms with Gasteiger partial charge in [-0.15, -0.1) is 0 Å². The number of hydrogen-bond donors (Lipinski definition) is 0. The average molecular weight is 274 g/mol. The second-order valence-corrected chi connectivity index (χ2v) is 3.93. The maximum Gasteiger partial charge on any atom is 0.123 e. The van der Waals surface area contributed by atoms with Gasteiger partial charge in [0.05, 0.1) is 26.8 Å². The Kier molecular flexibility index (Phi) is 3.16. The van der Waals surface area contributed by atoms with Crippen LogP contribution in [0.4, 0.5) is 0 Å². The van der Waals surface area contributed by atoms with Crippen molar-refractivity contribution in [3.63, 3.8) is 0 Å². The fourth-order valence-corrected chi connectivity index (χ4v) is 1.60. The van der Waals surface area contributed by atoms with Crippen molar-refractivity contribution in [3.8, 4) is 17.2 Å². The molecular formula is C17H18O3. The van der Waals surface area contributed by atoms with Gasteiger partial charge >= 0.3 is 0 Å². The molecule has 0 saturated carbocycles. The number of ether oxygens (including phenoxy) is 3. The molecule has 2 rings (SSSR count). The molecule has 0 bridgehead atoms. The second kappa shape index (κ2) is 6.66. The summed E-state index contributed by atoms with van der Waals surface area (Å²) in [5, 5.41) is 0. The van der Waals surface area contributed by atoms with E-state index in [9.17, 15) is 0 Å². The van der Waals surface area contributed by atoms with Crippen LogP contribution in [0.15, 0.2) is 42.4 Å². The smallest absolute Gasteiger partial charge is 0.123 e. The Hall–Kier alpha value is -2.42. The standard InChI is InChI=1S/C17H18O3/c1-18-15-8-6-13(7-9-15)4-5-14-10-16(19-2)12-17(11-14)20-3/h4-12H,1-3H3/i6D,7D,8D,9D. The van der Waals surface area contributed by atoms with Gasteiger partial charge in [-0.1, -0.05) is 24.2 Å². The molecule has 20 heavy (non-hydrogen) atoms. The monoisotopic (exact) mass is 274 g/mol. The first-order chi connectivity index (χ1) is 11.4. The van der Waals surface area contributed by atoms with Crippen LogP contribution in [0.25, 0.3) is 12.2 Å². The molecule has 0 saturated heterocycles. The van der Waals surface area contributed by atoms with Gasteiger partial charge in [-0.05, 0) is 35.3 Å². The molecule has 2 aromatic carbocycles. The van der Waals surface area contributed by atoms with Gasteiger partial charge in [0.2, 0.25) is 0 Å². The Morgan fingerprint density at radius 2 is 1.20 bits per heavy atom. The fraction of sp³-hybridized carbons (Fsp3) is 0.176. The molecule has 0 aliphatic carbocycles. The molecule has 0 aliphatic heterocycles. The minimum atomic E-state index is -0.207. The van der Waals surface area contributed by atoms with Crippen molar-refractivity contribution in [3.05, 3.63) is 53.5 Å². The molecular weight excluding hydrogens is 252 g/mol. The zero-order chi connectivity index (χ0) is 17.9. The molecule has 0 fully saturated rings. The van der Waals surface area contributed by atoms with Crippen LogP contribution in [-0.2, 0) is 0 Å². The van der Waals surface area contributed by atoms with Gasteiger partial charge < -0.3 is 14.2 Å². The number of rotatable bonds is 5. The van der Waals surface area contributed by atoms with E-state index < -0.39 is 0 Å². The summed E-state index contributed by atoms with van der Waals surface area (Å²) in [4.78, 5) is 0. The second-order valence-electron chi connectivity index (χ2n) is 3.93. The topological polar surface area (TPSA) is 27.7 Å². The first-order valence-corrected chi connectivity index (χ1v) is 5.98. The maximum atomic E-state index is 8.03. The van der Waals surface area contributed by atoms with Crippen LogP contribution in [0.3, 0.4) is 0 Å². The predicted octanol–water partition coefficient (Wildman–Crippen LogP) is 3.88. The fourth-order valence-electron chi connectivity index (χ4n) is 1.60. The van der Waals surface area contributed by atoms with Crippen molar-refractivity contribution in [2.45, 2.75) is 0 Å². The molecule has 3 nitrogen and oxygen atoms in total. The van der Waals surface area contributed by atoms with E-state index >= 15 is 0 Å². The summed E-state index contributed by atoms with van der Waals surface area (Å²) in [5.74, 6) is 1.16. The summed E-state index contributed by atoms with van der Waals surface area (Å²) in [7, 11) is 4.42. The normalized spacial score (nSPS) is 13.3. The van der Waals surface area contributed by atoms with Crippen LogP contribution in [-0.4, -0.2) is 21.3 Å². The molecule has 0 spiro atoms. The molecule has 0 N–H and O–H groups in total. The van der Waals surface area contributed by atoms with Crippen LogP contribution in [0, 0.1) is 0 Å². The third-order valence-corrected chi connectivity index (χ3v) is 2.64. The summed E-state index contributed by atoms with van der Waals surface area (Å²) in [6.07, 6.45) is 3.22. The van der Waals surface area contributed by atoms with Gasteiger partial charge in [0.1, 0.15) is 17.2 Å². The van der Waals surface area contributed by atoms with E-state index in [1.54, 1.807) is 38.5 Å². The van der Waals surface area contributed by atoms with Crippen LogP contribution < -0.4 is 14.2 Å². The highest BCUT2D eigenvalue weighted by Gasteiger charge is 1.99. The van der Waals surface area contributed by atoms with Crippen molar-refractivity contribution in [1.29, 1.82) is 0 Å². The van der Waals surface area contributed by atoms with Gasteiger partial charge in [0.25, 0.3) is 0 Å². The molecule has 0 amide bonds. The summed E-state index contributed by atoms with van der Waals surface area (Å²) in [5.41, 5.74) is 0.937. The SMILES string of the molecule is [2H]c1c([2H])c(OC)c([2H])c([2H])c1C=Cc1cc(OC)cc(OC)c1. The van der Waals surface area contributed by atoms with Crippen molar-refractivity contribution in [2.24, 2.45) is 0 Å². The van der Waals surface area contributed by atoms with E-state index in [2.05, 4.69) is 0 Å². The van der Waals surface area contributed by atoms with E-state index in [1.165, 1.54) is 13.2 Å². The molecule has 0 atom stereocenters. The molecule has 0 unspecified atom stereocenters. The first kappa shape index (κ1) is 9.48. The molecule has 0 heterocycles. The zero-order valence-electron chi connectivity index (χ0n) is 15.6. The van der Waals surface area contributed by atoms with Crippen LogP contribution in [0.2, 0.25) is 0 Å². The Bertz CT molecular complexity index is 737. The van der Waals surface area contributed by atoms with Crippen molar-refractivity contribution in [2.75, 3.05) is 21.3 Å². The highest BCUT2D eigenvalue weighted by molar-refractivity contribution is 5.71. The Morgan fingerprint density at radius 1 is 0.700 bits per heavy atom. The largest absolute Gasteiger partial charge is 0.497 e. The first-order valence-electron chi connectivity index (χ1n) is 7.98. The quantitative estimate of drug-likeness (QED) is 0.774. The molecule has 0 aromatic heterocycles. The van der Waals surface area contributed by atoms with E-state index in [-0.39, 0.29) is 35.5 Å². The van der Waals surface area contributed by atoms with Crippen LogP contribution >= 0.6 is 0 Å². The summed E-state index contributed by atoms with van der Waals surface area (Å²) < 4.78 is 47.2. The molecule has 104 valence electrons. The summed E-state index contributed by atoms with van der Waals surface area (Å²) in [6, 6.07) is 4.57. The predicted molar refractivity (Wildman–Crippen MR) is 81.5 cm³/mol. The summed E-state index contributed by atoms with van der Waals surface area (Å²) >= 11 is 0. The third kappa shape index (κ3) is 3.54. The lowest BCUT2D eigenvalue weighted by molar-refractivity contribution is 0.394. The average Bonchev–Trinajstić information content (AvgIpc) is 2.60. The minimum absolute atomic E-state index is 0.0646.